The van der Waals surface area contributed by atoms with E-state index in [0.717, 1.165) is 16.8 Å². The molecule has 1 unspecified atom stereocenters. The van der Waals surface area contributed by atoms with E-state index in [1.54, 1.807) is 24.4 Å². The molecule has 134 valence electrons. The van der Waals surface area contributed by atoms with E-state index in [2.05, 4.69) is 15.3 Å². The zero-order valence-electron chi connectivity index (χ0n) is 14.0. The van der Waals surface area contributed by atoms with Crippen LogP contribution < -0.4 is 5.32 Å². The molecule has 0 aliphatic carbocycles. The molecule has 7 heteroatoms. The van der Waals surface area contributed by atoms with E-state index in [-0.39, 0.29) is 17.0 Å². The van der Waals surface area contributed by atoms with Crippen molar-refractivity contribution in [1.29, 1.82) is 0 Å². The van der Waals surface area contributed by atoms with Crippen LogP contribution in [-0.2, 0) is 11.3 Å². The SMILES string of the molecule is CC(Sc1ncc(-c2ccc(F)cc2)[nH]1)C(=O)NCc1ccccc1Cl. The van der Waals surface area contributed by atoms with Crippen molar-refractivity contribution in [3.8, 4) is 11.3 Å². The van der Waals surface area contributed by atoms with Gasteiger partial charge in [-0.15, -0.1) is 0 Å². The Hall–Kier alpha value is -2.31. The molecule has 1 amide bonds. The van der Waals surface area contributed by atoms with Gasteiger partial charge >= 0.3 is 0 Å². The molecule has 2 N–H and O–H groups in total. The van der Waals surface area contributed by atoms with Gasteiger partial charge in [-0.05, 0) is 48.4 Å². The van der Waals surface area contributed by atoms with Gasteiger partial charge in [0.15, 0.2) is 5.16 Å². The van der Waals surface area contributed by atoms with Crippen molar-refractivity contribution in [2.24, 2.45) is 0 Å². The van der Waals surface area contributed by atoms with Crippen LogP contribution in [0.1, 0.15) is 12.5 Å². The molecule has 0 radical (unpaired) electrons. The van der Waals surface area contributed by atoms with Crippen molar-refractivity contribution in [3.05, 3.63) is 71.1 Å². The van der Waals surface area contributed by atoms with E-state index in [4.69, 9.17) is 11.6 Å². The third-order valence-electron chi connectivity index (χ3n) is 3.78. The predicted octanol–water partition coefficient (Wildman–Crippen LogP) is 4.67. The molecular weight excluding hydrogens is 373 g/mol. The number of carbonyl (C=O) groups excluding carboxylic acids is 1. The smallest absolute Gasteiger partial charge is 0.233 e. The third kappa shape index (κ3) is 4.65. The molecule has 3 rings (SSSR count). The number of rotatable bonds is 6. The number of nitrogens with one attached hydrogen (secondary N) is 2. The summed E-state index contributed by atoms with van der Waals surface area (Å²) in [5, 5.41) is 3.81. The molecule has 1 atom stereocenters. The number of imidazole rings is 1. The number of benzene rings is 2. The van der Waals surface area contributed by atoms with Crippen molar-refractivity contribution in [2.75, 3.05) is 0 Å². The Morgan fingerprint density at radius 2 is 2.00 bits per heavy atom. The predicted molar refractivity (Wildman–Crippen MR) is 103 cm³/mol. The average Bonchev–Trinajstić information content (AvgIpc) is 3.09. The summed E-state index contributed by atoms with van der Waals surface area (Å²) in [6.07, 6.45) is 1.67. The van der Waals surface area contributed by atoms with Gasteiger partial charge in [-0.1, -0.05) is 41.6 Å². The second-order valence-corrected chi connectivity index (χ2v) is 7.41. The van der Waals surface area contributed by atoms with Crippen molar-refractivity contribution in [3.63, 3.8) is 0 Å². The summed E-state index contributed by atoms with van der Waals surface area (Å²) in [7, 11) is 0. The number of H-pyrrole nitrogens is 1. The molecule has 1 heterocycles. The summed E-state index contributed by atoms with van der Waals surface area (Å²) in [5.74, 6) is -0.388. The second-order valence-electron chi connectivity index (χ2n) is 5.68. The second kappa shape index (κ2) is 8.38. The van der Waals surface area contributed by atoms with Gasteiger partial charge in [0.2, 0.25) is 5.91 Å². The fraction of sp³-hybridized carbons (Fsp3) is 0.158. The number of carbonyl (C=O) groups is 1. The number of nitrogens with zero attached hydrogens (tertiary/aromatic N) is 1. The highest BCUT2D eigenvalue weighted by Gasteiger charge is 2.16. The zero-order chi connectivity index (χ0) is 18.5. The molecule has 1 aromatic heterocycles. The van der Waals surface area contributed by atoms with Crippen molar-refractivity contribution in [2.45, 2.75) is 23.9 Å². The topological polar surface area (TPSA) is 57.8 Å². The minimum atomic E-state index is -0.329. The first-order chi connectivity index (χ1) is 12.5. The number of hydrogen-bond donors (Lipinski definition) is 2. The molecule has 2 aromatic carbocycles. The van der Waals surface area contributed by atoms with Gasteiger partial charge in [-0.25, -0.2) is 9.37 Å². The number of aromatic nitrogens is 2. The Morgan fingerprint density at radius 3 is 2.73 bits per heavy atom. The molecular formula is C19H17ClFN3OS. The van der Waals surface area contributed by atoms with E-state index in [0.29, 0.717) is 16.7 Å². The van der Waals surface area contributed by atoms with E-state index >= 15 is 0 Å². The highest BCUT2D eigenvalue weighted by molar-refractivity contribution is 8.00. The molecule has 0 saturated heterocycles. The third-order valence-corrected chi connectivity index (χ3v) is 5.14. The Kier molecular flexibility index (Phi) is 5.96. The first-order valence-electron chi connectivity index (χ1n) is 8.01. The molecule has 4 nitrogen and oxygen atoms in total. The average molecular weight is 390 g/mol. The maximum atomic E-state index is 13.0. The molecule has 0 saturated carbocycles. The quantitative estimate of drug-likeness (QED) is 0.602. The van der Waals surface area contributed by atoms with Gasteiger partial charge in [-0.3, -0.25) is 4.79 Å². The fourth-order valence-corrected chi connectivity index (χ4v) is 3.34. The van der Waals surface area contributed by atoms with E-state index in [1.807, 2.05) is 25.1 Å². The van der Waals surface area contributed by atoms with Gasteiger partial charge < -0.3 is 10.3 Å². The summed E-state index contributed by atoms with van der Waals surface area (Å²) in [5.41, 5.74) is 2.48. The van der Waals surface area contributed by atoms with Crippen molar-refractivity contribution < 1.29 is 9.18 Å². The molecule has 26 heavy (non-hydrogen) atoms. The van der Waals surface area contributed by atoms with E-state index in [9.17, 15) is 9.18 Å². The number of hydrogen-bond acceptors (Lipinski definition) is 3. The number of thioether (sulfide) groups is 1. The lowest BCUT2D eigenvalue weighted by molar-refractivity contribution is -0.120. The van der Waals surface area contributed by atoms with Gasteiger partial charge in [0.05, 0.1) is 17.1 Å². The van der Waals surface area contributed by atoms with Crippen LogP contribution in [0.3, 0.4) is 0 Å². The van der Waals surface area contributed by atoms with Crippen LogP contribution in [0.5, 0.6) is 0 Å². The number of aromatic amines is 1. The van der Waals surface area contributed by atoms with Crippen LogP contribution in [0.2, 0.25) is 5.02 Å². The summed E-state index contributed by atoms with van der Waals surface area (Å²) in [6, 6.07) is 13.5. The Labute approximate surface area is 160 Å². The summed E-state index contributed by atoms with van der Waals surface area (Å²) >= 11 is 7.42. The first-order valence-corrected chi connectivity index (χ1v) is 9.27. The van der Waals surface area contributed by atoms with Crippen molar-refractivity contribution >= 4 is 29.3 Å². The fourth-order valence-electron chi connectivity index (χ4n) is 2.33. The Morgan fingerprint density at radius 1 is 1.27 bits per heavy atom. The summed E-state index contributed by atoms with van der Waals surface area (Å²) < 4.78 is 13.0. The molecule has 3 aromatic rings. The minimum Gasteiger partial charge on any atom is -0.351 e. The monoisotopic (exact) mass is 389 g/mol. The highest BCUT2D eigenvalue weighted by atomic mass is 35.5. The van der Waals surface area contributed by atoms with Gasteiger partial charge in [0.25, 0.3) is 0 Å². The molecule has 0 aliphatic rings. The largest absolute Gasteiger partial charge is 0.351 e. The maximum absolute atomic E-state index is 13.0. The summed E-state index contributed by atoms with van der Waals surface area (Å²) in [4.78, 5) is 19.7. The van der Waals surface area contributed by atoms with Gasteiger partial charge in [-0.2, -0.15) is 0 Å². The van der Waals surface area contributed by atoms with Crippen LogP contribution in [-0.4, -0.2) is 21.1 Å². The van der Waals surface area contributed by atoms with Crippen LogP contribution in [0.4, 0.5) is 4.39 Å². The van der Waals surface area contributed by atoms with Crippen LogP contribution in [0.25, 0.3) is 11.3 Å². The number of amides is 1. The lowest BCUT2D eigenvalue weighted by Crippen LogP contribution is -2.30. The molecule has 0 aliphatic heterocycles. The highest BCUT2D eigenvalue weighted by Crippen LogP contribution is 2.25. The summed E-state index contributed by atoms with van der Waals surface area (Å²) in [6.45, 7) is 2.19. The van der Waals surface area contributed by atoms with Crippen molar-refractivity contribution in [1.82, 2.24) is 15.3 Å². The minimum absolute atomic E-state index is 0.102. The van der Waals surface area contributed by atoms with Gasteiger partial charge in [0, 0.05) is 11.6 Å². The molecule has 0 spiro atoms. The van der Waals surface area contributed by atoms with Crippen LogP contribution in [0, 0.1) is 5.82 Å². The first kappa shape index (κ1) is 18.5. The van der Waals surface area contributed by atoms with E-state index in [1.165, 1.54) is 23.9 Å². The lowest BCUT2D eigenvalue weighted by Gasteiger charge is -2.11. The maximum Gasteiger partial charge on any atom is 0.233 e. The number of halogens is 2. The molecule has 0 bridgehead atoms. The van der Waals surface area contributed by atoms with Crippen LogP contribution >= 0.6 is 23.4 Å². The Balaban J connectivity index is 1.57. The normalized spacial score (nSPS) is 12.0. The standard InChI is InChI=1S/C19H17ClFN3OS/c1-12(18(25)22-10-14-4-2-3-5-16(14)20)26-19-23-11-17(24-19)13-6-8-15(21)9-7-13/h2-9,11-12H,10H2,1H3,(H,22,25)(H,23,24). The lowest BCUT2D eigenvalue weighted by atomic mass is 10.2. The van der Waals surface area contributed by atoms with E-state index < -0.39 is 0 Å². The molecule has 0 fully saturated rings. The Bertz CT molecular complexity index is 898. The van der Waals surface area contributed by atoms with Crippen LogP contribution in [0.15, 0.2) is 59.9 Å². The van der Waals surface area contributed by atoms with Gasteiger partial charge in [0.1, 0.15) is 5.82 Å². The zero-order valence-corrected chi connectivity index (χ0v) is 15.6.